The number of likely N-dealkylation sites (N-methyl/N-ethyl adjacent to an activating group) is 1. The Hall–Kier alpha value is -4.76. The first-order valence-electron chi connectivity index (χ1n) is 32.7. The second-order valence-corrected chi connectivity index (χ2v) is 28.0. The summed E-state index contributed by atoms with van der Waals surface area (Å²) < 4.78 is 27.4. The minimum Gasteiger partial charge on any atom is -0.504 e. The van der Waals surface area contributed by atoms with Crippen molar-refractivity contribution in [2.45, 2.75) is 197 Å². The number of aliphatic imine (C=N–C) groups is 1. The third-order valence-electron chi connectivity index (χ3n) is 24.0. The number of phenolic OH excluding ortho intramolecular Hbond substituents is 1. The van der Waals surface area contributed by atoms with E-state index in [1.54, 1.807) is 20.2 Å². The number of aliphatic hydroxyl groups excluding tert-OH is 2. The maximum atomic E-state index is 15.9. The van der Waals surface area contributed by atoms with E-state index >= 15 is 4.79 Å². The number of allylic oxidation sites excluding steroid dienone is 2. The zero-order valence-corrected chi connectivity index (χ0v) is 50.3. The number of nitrogens with zero attached hydrogens (tertiary/aromatic N) is 1. The lowest BCUT2D eigenvalue weighted by Crippen LogP contribution is -2.55. The van der Waals surface area contributed by atoms with Gasteiger partial charge in [-0.25, -0.2) is 0 Å². The van der Waals surface area contributed by atoms with Gasteiger partial charge in [0.15, 0.2) is 28.8 Å². The molecule has 13 nitrogen and oxygen atoms in total. The Labute approximate surface area is 494 Å². The van der Waals surface area contributed by atoms with Crippen LogP contribution >= 0.6 is 0 Å². The molecular formula is C70H96N4O9. The number of carbonyl (C=O) groups is 1. The van der Waals surface area contributed by atoms with Crippen molar-refractivity contribution in [2.24, 2.45) is 80.9 Å². The van der Waals surface area contributed by atoms with Gasteiger partial charge in [0, 0.05) is 74.3 Å². The number of hydrogen-bond acceptors (Lipinski definition) is 11. The minimum atomic E-state index is -1.31. The molecule has 16 atom stereocenters. The van der Waals surface area contributed by atoms with Gasteiger partial charge in [0.2, 0.25) is 11.7 Å². The number of guanidine groups is 1. The minimum absolute atomic E-state index is 0.000869. The molecule has 0 aromatic heterocycles. The summed E-state index contributed by atoms with van der Waals surface area (Å²) >= 11 is 0. The molecule has 2 aromatic carbocycles. The Bertz CT molecular complexity index is 2870. The van der Waals surface area contributed by atoms with Crippen molar-refractivity contribution < 1.29 is 44.2 Å². The Kier molecular flexibility index (Phi) is 17.1. The van der Waals surface area contributed by atoms with E-state index < -0.39 is 22.2 Å². The van der Waals surface area contributed by atoms with Crippen LogP contribution in [0.1, 0.15) is 179 Å². The fourth-order valence-corrected chi connectivity index (χ4v) is 20.3. The third kappa shape index (κ3) is 10.8. The van der Waals surface area contributed by atoms with Gasteiger partial charge in [-0.3, -0.25) is 15.1 Å². The maximum Gasteiger partial charge on any atom is 0.207 e. The maximum absolute atomic E-state index is 15.9. The average Bonchev–Trinajstić information content (AvgIpc) is 2.34. The topological polar surface area (TPSA) is 183 Å². The summed E-state index contributed by atoms with van der Waals surface area (Å²) in [4.78, 5) is 20.7. The fraction of sp³-hybridized carbons (Fsp3) is 0.714. The number of ketones is 1. The van der Waals surface area contributed by atoms with Crippen molar-refractivity contribution in [3.8, 4) is 47.0 Å². The van der Waals surface area contributed by atoms with Crippen molar-refractivity contribution in [3.63, 3.8) is 0 Å². The van der Waals surface area contributed by atoms with Gasteiger partial charge in [0.25, 0.3) is 0 Å². The van der Waals surface area contributed by atoms with Crippen LogP contribution in [0.5, 0.6) is 23.0 Å². The summed E-state index contributed by atoms with van der Waals surface area (Å²) in [6.07, 6.45) is 31.3. The smallest absolute Gasteiger partial charge is 0.207 e. The Morgan fingerprint density at radius 1 is 0.916 bits per heavy atom. The van der Waals surface area contributed by atoms with Gasteiger partial charge in [-0.2, -0.15) is 0 Å². The van der Waals surface area contributed by atoms with E-state index in [1.807, 2.05) is 25.3 Å². The Morgan fingerprint density at radius 3 is 2.57 bits per heavy atom. The summed E-state index contributed by atoms with van der Waals surface area (Å²) in [7, 11) is 5.36. The molecule has 2 aromatic rings. The SMILES string of the molecule is CC[C@@H]1CC[C@@H]2[C@@H](C1)[C@H]1/C=C/C(=O)[C@]3(Cc4ccc(O)c(OC)c4)CCC[C@@H]3CC#CNC(=NC)Nc3cc(cc4c3OC#CC3(CCCCC3)[C@@H]3C[C@@](CNC)(C[C@H]3C[C@@]3(O)CC[C@@H]5CC[C@H](CO)[C@@H]5O3)O4)[C@@]13CCC[C@H]3[C@@H]2CCCO. The molecule has 12 rings (SSSR count). The molecule has 0 radical (unpaired) electrons. The van der Waals surface area contributed by atoms with E-state index in [2.05, 4.69) is 65.1 Å². The van der Waals surface area contributed by atoms with Gasteiger partial charge < -0.3 is 50.0 Å². The van der Waals surface area contributed by atoms with Crippen LogP contribution in [0.2, 0.25) is 0 Å². The highest BCUT2D eigenvalue weighted by molar-refractivity contribution is 5.97. The zero-order chi connectivity index (χ0) is 57.6. The molecule has 0 amide bonds. The molecule has 3 heterocycles. The molecule has 2 spiro atoms. The summed E-state index contributed by atoms with van der Waals surface area (Å²) in [5.41, 5.74) is 0.666. The number of aliphatic hydroxyl groups is 3. The first kappa shape index (κ1) is 58.6. The van der Waals surface area contributed by atoms with Crippen LogP contribution in [0.3, 0.4) is 0 Å². The Morgan fingerprint density at radius 2 is 1.77 bits per heavy atom. The lowest BCUT2D eigenvalue weighted by atomic mass is 9.45. The average molecular weight is 1140 g/mol. The van der Waals surface area contributed by atoms with Crippen LogP contribution in [0, 0.1) is 99.9 Å². The number of hydrogen-bond donors (Lipinski definition) is 7. The van der Waals surface area contributed by atoms with Gasteiger partial charge >= 0.3 is 0 Å². The third-order valence-corrected chi connectivity index (χ3v) is 24.0. The Balaban J connectivity index is 1.03. The highest BCUT2D eigenvalue weighted by Crippen LogP contribution is 2.68. The summed E-state index contributed by atoms with van der Waals surface area (Å²) in [6, 6.07) is 13.4. The summed E-state index contributed by atoms with van der Waals surface area (Å²) in [5, 5.41) is 55.2. The van der Waals surface area contributed by atoms with Crippen molar-refractivity contribution >= 4 is 17.4 Å². The number of anilines is 1. The number of rotatable bonds is 12. The monoisotopic (exact) mass is 1140 g/mol. The normalized spacial score (nSPS) is 39.5. The highest BCUT2D eigenvalue weighted by Gasteiger charge is 2.63. The number of benzene rings is 2. The van der Waals surface area contributed by atoms with Crippen LogP contribution < -0.4 is 30.2 Å². The molecule has 3 aliphatic heterocycles. The molecule has 83 heavy (non-hydrogen) atoms. The van der Waals surface area contributed by atoms with Gasteiger partial charge in [-0.1, -0.05) is 75.9 Å². The van der Waals surface area contributed by atoms with Crippen LogP contribution in [0.15, 0.2) is 47.5 Å². The van der Waals surface area contributed by atoms with Gasteiger partial charge in [-0.05, 0) is 210 Å². The molecule has 8 fully saturated rings. The quantitative estimate of drug-likeness (QED) is 0.100. The van der Waals surface area contributed by atoms with Crippen molar-refractivity contribution in [2.75, 3.05) is 46.3 Å². The van der Waals surface area contributed by atoms with Crippen molar-refractivity contribution in [1.29, 1.82) is 0 Å². The van der Waals surface area contributed by atoms with Crippen LogP contribution in [0.25, 0.3) is 0 Å². The van der Waals surface area contributed by atoms with E-state index in [0.29, 0.717) is 97.1 Å². The number of ether oxygens (including phenoxy) is 4. The molecule has 13 heteroatoms. The van der Waals surface area contributed by atoms with E-state index in [0.717, 1.165) is 128 Å². The predicted molar refractivity (Wildman–Crippen MR) is 323 cm³/mol. The second-order valence-electron chi connectivity index (χ2n) is 28.0. The first-order chi connectivity index (χ1) is 40.3. The molecule has 450 valence electrons. The number of carbonyl (C=O) groups excluding carboxylic acids is 1. The highest BCUT2D eigenvalue weighted by atomic mass is 16.6. The van der Waals surface area contributed by atoms with E-state index in [4.69, 9.17) is 23.9 Å². The molecule has 1 saturated heterocycles. The first-order valence-corrected chi connectivity index (χ1v) is 32.7. The predicted octanol–water partition coefficient (Wildman–Crippen LogP) is 11.3. The number of fused-ring (bicyclic) bond motifs is 11. The molecule has 7 N–H and O–H groups in total. The van der Waals surface area contributed by atoms with Crippen LogP contribution in [0.4, 0.5) is 5.69 Å². The molecule has 4 bridgehead atoms. The fourth-order valence-electron chi connectivity index (χ4n) is 20.3. The van der Waals surface area contributed by atoms with E-state index in [9.17, 15) is 20.4 Å². The second kappa shape index (κ2) is 24.2. The number of phenols is 1. The van der Waals surface area contributed by atoms with Gasteiger partial charge in [-0.15, -0.1) is 0 Å². The van der Waals surface area contributed by atoms with E-state index in [1.165, 1.54) is 18.4 Å². The summed E-state index contributed by atoms with van der Waals surface area (Å²) in [5.74, 6) is 10.9. The van der Waals surface area contributed by atoms with Gasteiger partial charge in [0.05, 0.1) is 18.9 Å². The lowest BCUT2D eigenvalue weighted by molar-refractivity contribution is -0.281. The number of aromatic hydroxyl groups is 1. The van der Waals surface area contributed by atoms with Crippen molar-refractivity contribution in [1.82, 2.24) is 10.6 Å². The van der Waals surface area contributed by atoms with E-state index in [-0.39, 0.29) is 71.8 Å². The standard InChI is InChI=1S/C70H96N4O9/c1-5-45-17-21-52-53(15-12-33-75)55-16-10-29-70(55)51-37-58(74-65(72-3)73-32-11-14-50-13-9-28-68(50,62(78)24-22-56(70)54(52)35-45)39-46-18-23-59(77)60(36-46)80-4)64-61(38-51)82-67(44-71-2)40-49(57(42-67)66(31-34-81-64)26-7-6-8-27-66)41-69(79)30-25-47-19-20-48(43-76)63(47)83-69/h18,22-24,36-38,45,47-50,52-57,63,71,75-77,79H,5-10,12-17,19-21,25-30,33,35,39-44H2,1-4H3,(H2,72,73,74)/b24-22+/t45-,47+,48-,49+,50-,52+,53-,54-,55+,56-,57-,63-,67-,68+,69-,70-/m1/s1. The number of methoxy groups -OCH3 is 1. The molecule has 0 unspecified atom stereocenters. The zero-order valence-electron chi connectivity index (χ0n) is 50.3. The molecule has 7 saturated carbocycles. The molecular weight excluding hydrogens is 1040 g/mol. The lowest BCUT2D eigenvalue weighted by Gasteiger charge is -2.59. The largest absolute Gasteiger partial charge is 0.504 e. The van der Waals surface area contributed by atoms with Crippen LogP contribution in [-0.4, -0.2) is 90.6 Å². The number of nitrogens with one attached hydrogen (secondary N) is 3. The molecule has 7 aliphatic carbocycles. The van der Waals surface area contributed by atoms with Crippen molar-refractivity contribution in [3.05, 3.63) is 53.6 Å². The van der Waals surface area contributed by atoms with Gasteiger partial charge in [0.1, 0.15) is 11.7 Å². The van der Waals surface area contributed by atoms with Crippen LogP contribution in [-0.2, 0) is 21.4 Å². The summed E-state index contributed by atoms with van der Waals surface area (Å²) in [6.45, 7) is 3.17. The molecule has 10 aliphatic rings.